The van der Waals surface area contributed by atoms with Crippen molar-refractivity contribution >= 4 is 23.6 Å². The molecule has 12 heteroatoms. The number of carbonyl (C=O) groups excluding carboxylic acids is 4. The molecule has 6 rings (SSSR count). The Morgan fingerprint density at radius 1 is 0.522 bits per heavy atom. The summed E-state index contributed by atoms with van der Waals surface area (Å²) in [5.74, 6) is -0.718. The molecule has 362 valence electrons. The summed E-state index contributed by atoms with van der Waals surface area (Å²) in [4.78, 5) is 65.8. The SMILES string of the molecule is CC(C)(C)c1cc(C(=O)NC2(C(=O)NCc3ccccc3)CCNCC2)cc(C(C)(C)C)n1.CN1CCC(NC(=O)c2cc(C(C)(C)C)nc(C(C)(C)C)c2)(C(=O)NCc2ccccc2)CC1. The van der Waals surface area contributed by atoms with Crippen LogP contribution in [-0.4, -0.2) is 82.8 Å². The van der Waals surface area contributed by atoms with E-state index in [-0.39, 0.29) is 45.3 Å². The van der Waals surface area contributed by atoms with Gasteiger partial charge in [0.25, 0.3) is 11.8 Å². The van der Waals surface area contributed by atoms with E-state index >= 15 is 0 Å². The van der Waals surface area contributed by atoms with Crippen LogP contribution >= 0.6 is 0 Å². The summed E-state index contributed by atoms with van der Waals surface area (Å²) in [5, 5.41) is 15.7. The van der Waals surface area contributed by atoms with Crippen LogP contribution in [0.1, 0.15) is 163 Å². The van der Waals surface area contributed by atoms with Crippen LogP contribution in [-0.2, 0) is 44.3 Å². The first kappa shape index (κ1) is 52.5. The van der Waals surface area contributed by atoms with Gasteiger partial charge in [0.2, 0.25) is 11.8 Å². The minimum absolute atomic E-state index is 0.126. The molecule has 5 N–H and O–H groups in total. The van der Waals surface area contributed by atoms with E-state index in [0.717, 1.165) is 47.0 Å². The lowest BCUT2D eigenvalue weighted by molar-refractivity contribution is -0.129. The van der Waals surface area contributed by atoms with Gasteiger partial charge in [0, 0.05) is 81.7 Å². The van der Waals surface area contributed by atoms with Gasteiger partial charge in [-0.25, -0.2) is 0 Å². The van der Waals surface area contributed by atoms with E-state index in [1.807, 2.05) is 92.0 Å². The molecule has 2 aliphatic heterocycles. The number of carbonyl (C=O) groups is 4. The maximum absolute atomic E-state index is 13.6. The third-order valence-corrected chi connectivity index (χ3v) is 12.7. The standard InChI is InChI=1S/C28H40N4O2.C27H38N4O2/c1-26(2,3)22-17-21(18-23(30-22)27(4,5)6)24(33)31-28(13-15-32(7)16-14-28)25(34)29-19-20-11-9-8-10-12-20;1-25(2,3)21-16-20(17-22(30-21)26(4,5)6)23(32)31-27(12-14-28-15-13-27)24(33)29-18-19-10-8-7-9-11-19/h8-12,17-18H,13-16,19H2,1-7H3,(H,29,34)(H,31,33);7-11,16-17,28H,12-15,18H2,1-6H3,(H,29,33)(H,31,32). The fraction of sp³-hybridized carbons (Fsp3) is 0.527. The predicted molar refractivity (Wildman–Crippen MR) is 269 cm³/mol. The van der Waals surface area contributed by atoms with Crippen LogP contribution in [0.2, 0.25) is 0 Å². The van der Waals surface area contributed by atoms with Crippen molar-refractivity contribution < 1.29 is 19.2 Å². The topological polar surface area (TPSA) is 157 Å². The molecule has 4 aromatic rings. The molecular formula is C55H78N8O4. The van der Waals surface area contributed by atoms with Crippen LogP contribution in [0.25, 0.3) is 0 Å². The number of hydrogen-bond donors (Lipinski definition) is 5. The molecule has 2 aromatic carbocycles. The molecule has 4 amide bonds. The Kier molecular flexibility index (Phi) is 16.6. The average molecular weight is 915 g/mol. The monoisotopic (exact) mass is 915 g/mol. The van der Waals surface area contributed by atoms with Gasteiger partial charge in [-0.3, -0.25) is 29.1 Å². The molecule has 2 saturated heterocycles. The summed E-state index contributed by atoms with van der Waals surface area (Å²) in [6.45, 7) is 28.8. The van der Waals surface area contributed by atoms with Gasteiger partial charge < -0.3 is 31.5 Å². The van der Waals surface area contributed by atoms with E-state index in [2.05, 4.69) is 115 Å². The van der Waals surface area contributed by atoms with E-state index in [1.165, 1.54) is 0 Å². The minimum atomic E-state index is -0.940. The highest BCUT2D eigenvalue weighted by Gasteiger charge is 2.43. The number of rotatable bonds is 10. The molecule has 12 nitrogen and oxygen atoms in total. The summed E-state index contributed by atoms with van der Waals surface area (Å²) in [7, 11) is 2.04. The van der Waals surface area contributed by atoms with Crippen molar-refractivity contribution in [2.24, 2.45) is 0 Å². The number of pyridine rings is 2. The fourth-order valence-electron chi connectivity index (χ4n) is 8.01. The number of benzene rings is 2. The van der Waals surface area contributed by atoms with Gasteiger partial charge in [-0.15, -0.1) is 0 Å². The van der Waals surface area contributed by atoms with Crippen molar-refractivity contribution in [3.63, 3.8) is 0 Å². The molecule has 0 spiro atoms. The summed E-state index contributed by atoms with van der Waals surface area (Å²) in [6, 6.07) is 27.1. The number of amides is 4. The first-order valence-corrected chi connectivity index (χ1v) is 24.0. The molecular weight excluding hydrogens is 837 g/mol. The average Bonchev–Trinajstić information content (AvgIpc) is 3.28. The highest BCUT2D eigenvalue weighted by molar-refractivity contribution is 6.00. The van der Waals surface area contributed by atoms with E-state index in [4.69, 9.17) is 9.97 Å². The van der Waals surface area contributed by atoms with Crippen molar-refractivity contribution in [3.8, 4) is 0 Å². The Morgan fingerprint density at radius 3 is 1.15 bits per heavy atom. The van der Waals surface area contributed by atoms with Gasteiger partial charge in [0.15, 0.2) is 0 Å². The van der Waals surface area contributed by atoms with Crippen molar-refractivity contribution in [1.29, 1.82) is 0 Å². The van der Waals surface area contributed by atoms with Gasteiger partial charge in [-0.2, -0.15) is 0 Å². The van der Waals surface area contributed by atoms with Crippen molar-refractivity contribution in [3.05, 3.63) is 130 Å². The lowest BCUT2D eigenvalue weighted by atomic mass is 9.84. The van der Waals surface area contributed by atoms with Crippen molar-refractivity contribution in [1.82, 2.24) is 41.5 Å². The second kappa shape index (κ2) is 21.2. The van der Waals surface area contributed by atoms with Crippen LogP contribution in [0.3, 0.4) is 0 Å². The Bertz CT molecular complexity index is 2260. The zero-order valence-electron chi connectivity index (χ0n) is 42.6. The molecule has 0 radical (unpaired) electrons. The Balaban J connectivity index is 0.000000251. The van der Waals surface area contributed by atoms with Gasteiger partial charge in [-0.05, 0) is 81.2 Å². The third kappa shape index (κ3) is 14.3. The van der Waals surface area contributed by atoms with E-state index in [9.17, 15) is 19.2 Å². The van der Waals surface area contributed by atoms with Crippen LogP contribution < -0.4 is 26.6 Å². The van der Waals surface area contributed by atoms with Gasteiger partial charge in [-0.1, -0.05) is 144 Å². The molecule has 0 saturated carbocycles. The zero-order chi connectivity index (χ0) is 49.4. The van der Waals surface area contributed by atoms with Gasteiger partial charge >= 0.3 is 0 Å². The minimum Gasteiger partial charge on any atom is -0.350 e. The lowest BCUT2D eigenvalue weighted by Crippen LogP contribution is -2.62. The second-order valence-electron chi connectivity index (χ2n) is 22.7. The number of nitrogens with one attached hydrogen (secondary N) is 5. The van der Waals surface area contributed by atoms with Crippen LogP contribution in [0.5, 0.6) is 0 Å². The quantitative estimate of drug-likeness (QED) is 0.107. The molecule has 0 bridgehead atoms. The largest absolute Gasteiger partial charge is 0.350 e. The smallest absolute Gasteiger partial charge is 0.252 e. The molecule has 4 heterocycles. The van der Waals surface area contributed by atoms with Crippen LogP contribution in [0.4, 0.5) is 0 Å². The summed E-state index contributed by atoms with van der Waals surface area (Å²) in [5.41, 5.74) is 3.97. The molecule has 0 atom stereocenters. The fourth-order valence-corrected chi connectivity index (χ4v) is 8.01. The lowest BCUT2D eigenvalue weighted by Gasteiger charge is -2.40. The predicted octanol–water partition coefficient (Wildman–Crippen LogP) is 8.03. The Labute approximate surface area is 400 Å². The number of piperidine rings is 2. The molecule has 2 aliphatic rings. The highest BCUT2D eigenvalue weighted by Crippen LogP contribution is 2.31. The number of likely N-dealkylation sites (tertiary alicyclic amines) is 1. The van der Waals surface area contributed by atoms with Crippen molar-refractivity contribution in [2.45, 2.75) is 155 Å². The zero-order valence-corrected chi connectivity index (χ0v) is 42.6. The normalized spacial score (nSPS) is 16.4. The van der Waals surface area contributed by atoms with E-state index in [1.54, 1.807) is 0 Å². The Hall–Kier alpha value is -5.46. The van der Waals surface area contributed by atoms with E-state index < -0.39 is 11.1 Å². The maximum atomic E-state index is 13.6. The first-order valence-electron chi connectivity index (χ1n) is 24.0. The number of hydrogen-bond acceptors (Lipinski definition) is 8. The van der Waals surface area contributed by atoms with Crippen LogP contribution in [0.15, 0.2) is 84.9 Å². The summed E-state index contributed by atoms with van der Waals surface area (Å²) < 4.78 is 0. The number of nitrogens with zero attached hydrogens (tertiary/aromatic N) is 3. The second-order valence-corrected chi connectivity index (χ2v) is 22.7. The number of aromatic nitrogens is 2. The Morgan fingerprint density at radius 2 is 0.836 bits per heavy atom. The molecule has 67 heavy (non-hydrogen) atoms. The van der Waals surface area contributed by atoms with E-state index in [0.29, 0.717) is 63.0 Å². The summed E-state index contributed by atoms with van der Waals surface area (Å²) >= 11 is 0. The van der Waals surface area contributed by atoms with Crippen molar-refractivity contribution in [2.75, 3.05) is 33.2 Å². The van der Waals surface area contributed by atoms with Gasteiger partial charge in [0.05, 0.1) is 0 Å². The molecule has 0 aliphatic carbocycles. The first-order chi connectivity index (χ1) is 31.2. The van der Waals surface area contributed by atoms with Crippen LogP contribution in [0, 0.1) is 0 Å². The molecule has 2 aromatic heterocycles. The summed E-state index contributed by atoms with van der Waals surface area (Å²) in [6.07, 6.45) is 2.23. The third-order valence-electron chi connectivity index (χ3n) is 12.7. The highest BCUT2D eigenvalue weighted by atomic mass is 16.2. The van der Waals surface area contributed by atoms with Gasteiger partial charge in [0.1, 0.15) is 11.1 Å². The molecule has 2 fully saturated rings. The molecule has 0 unspecified atom stereocenters. The maximum Gasteiger partial charge on any atom is 0.252 e.